The van der Waals surface area contributed by atoms with Crippen LogP contribution in [0.25, 0.3) is 5.32 Å². The van der Waals surface area contributed by atoms with Crippen molar-refractivity contribution in [2.45, 2.75) is 86.8 Å². The molecule has 0 saturated carbocycles. The minimum atomic E-state index is -8.43. The van der Waals surface area contributed by atoms with Crippen LogP contribution < -0.4 is 0 Å². The Morgan fingerprint density at radius 2 is 0.842 bits per heavy atom. The Balaban J connectivity index is 3.93. The van der Waals surface area contributed by atoms with E-state index in [0.29, 0.717) is 0 Å². The summed E-state index contributed by atoms with van der Waals surface area (Å²) in [5, 5.41) is 1.18. The molecule has 0 N–H and O–H groups in total. The Kier molecular flexibility index (Phi) is 9.57. The van der Waals surface area contributed by atoms with Crippen molar-refractivity contribution in [2.24, 2.45) is 0 Å². The third-order valence-electron chi connectivity index (χ3n) is 5.32. The predicted octanol–water partition coefficient (Wildman–Crippen LogP) is 7.22. The van der Waals surface area contributed by atoms with Gasteiger partial charge >= 0.3 is 50.3 Å². The maximum Gasteiger partial charge on any atom is 0.500 e. The van der Waals surface area contributed by atoms with Crippen LogP contribution in [0.3, 0.4) is 0 Å². The van der Waals surface area contributed by atoms with E-state index in [4.69, 9.17) is 13.3 Å². The predicted molar refractivity (Wildman–Crippen MR) is 96.8 cm³/mol. The SMILES string of the molecule is CCO[Si](CCC1[N-]C(F)(F)C(F)(F)C(F)(F)C(F)(F)C(F)(F)C(F)(F)C(F)(F)C1(F)F)(OCC)OCC. The number of rotatable bonds is 9. The second-order valence-corrected chi connectivity index (χ2v) is 10.5. The highest BCUT2D eigenvalue weighted by atomic mass is 28.4. The Hall–Kier alpha value is -1.06. The number of nitrogens with zero attached hydrogens (tertiary/aromatic N) is 1. The van der Waals surface area contributed by atoms with E-state index in [-0.39, 0.29) is 0 Å². The molecule has 38 heavy (non-hydrogen) atoms. The van der Waals surface area contributed by atoms with E-state index >= 15 is 0 Å². The van der Waals surface area contributed by atoms with E-state index in [0.717, 1.165) is 0 Å². The number of hydrogen-bond acceptors (Lipinski definition) is 3. The smallest absolute Gasteiger partial charge is 0.500 e. The number of halogens is 16. The second-order valence-electron chi connectivity index (χ2n) is 7.78. The van der Waals surface area contributed by atoms with Gasteiger partial charge in [-0.25, -0.2) is 17.6 Å². The molecule has 1 saturated heterocycles. The normalized spacial score (nSPS) is 29.0. The van der Waals surface area contributed by atoms with Crippen LogP contribution in [0.4, 0.5) is 70.2 Å². The van der Waals surface area contributed by atoms with Crippen LogP contribution in [0.2, 0.25) is 6.04 Å². The van der Waals surface area contributed by atoms with Crippen LogP contribution in [0, 0.1) is 0 Å². The van der Waals surface area contributed by atoms with E-state index in [9.17, 15) is 70.2 Å². The maximum absolute atomic E-state index is 14.6. The zero-order valence-electron chi connectivity index (χ0n) is 19.3. The van der Waals surface area contributed by atoms with Crippen LogP contribution in [0.15, 0.2) is 0 Å². The fourth-order valence-corrected chi connectivity index (χ4v) is 5.94. The van der Waals surface area contributed by atoms with Gasteiger partial charge in [-0.2, -0.15) is 52.7 Å². The highest BCUT2D eigenvalue weighted by Crippen LogP contribution is 2.66. The molecule has 0 spiro atoms. The zero-order valence-corrected chi connectivity index (χ0v) is 20.3. The highest BCUT2D eigenvalue weighted by molar-refractivity contribution is 6.60. The van der Waals surface area contributed by atoms with Crippen LogP contribution >= 0.6 is 0 Å². The molecule has 0 bridgehead atoms. The summed E-state index contributed by atoms with van der Waals surface area (Å²) in [4.78, 5) is 0. The third-order valence-corrected chi connectivity index (χ3v) is 8.41. The van der Waals surface area contributed by atoms with Gasteiger partial charge in [-0.05, 0) is 20.8 Å². The van der Waals surface area contributed by atoms with Crippen molar-refractivity contribution >= 4 is 8.80 Å². The molecule has 228 valence electrons. The third kappa shape index (κ3) is 4.87. The van der Waals surface area contributed by atoms with Gasteiger partial charge in [0.1, 0.15) is 0 Å². The van der Waals surface area contributed by atoms with E-state index in [2.05, 4.69) is 0 Å². The van der Waals surface area contributed by atoms with Crippen LogP contribution in [0.5, 0.6) is 0 Å². The van der Waals surface area contributed by atoms with Gasteiger partial charge in [0.25, 0.3) is 0 Å². The second kappa shape index (κ2) is 10.4. The van der Waals surface area contributed by atoms with Gasteiger partial charge in [0, 0.05) is 25.9 Å². The molecule has 1 aliphatic rings. The monoisotopic (exact) mass is 618 g/mol. The van der Waals surface area contributed by atoms with Gasteiger partial charge in [-0.1, -0.05) is 12.5 Å². The van der Waals surface area contributed by atoms with E-state index < -0.39 is 94.6 Å². The molecule has 1 rings (SSSR count). The van der Waals surface area contributed by atoms with Gasteiger partial charge in [0.2, 0.25) is 6.05 Å². The van der Waals surface area contributed by atoms with Crippen molar-refractivity contribution in [3.8, 4) is 0 Å². The summed E-state index contributed by atoms with van der Waals surface area (Å²) in [5.74, 6) is -56.1. The summed E-state index contributed by atoms with van der Waals surface area (Å²) in [6.07, 6.45) is -2.16. The minimum absolute atomic E-state index is 0.402. The molecule has 1 aliphatic heterocycles. The topological polar surface area (TPSA) is 41.8 Å². The average molecular weight is 618 g/mol. The van der Waals surface area contributed by atoms with E-state index in [1.54, 1.807) is 0 Å². The van der Waals surface area contributed by atoms with Crippen LogP contribution in [-0.4, -0.2) is 82.2 Å². The highest BCUT2D eigenvalue weighted by Gasteiger charge is 2.94. The first-order valence-electron chi connectivity index (χ1n) is 10.4. The fourth-order valence-electron chi connectivity index (χ4n) is 3.31. The molecular weight excluding hydrogens is 598 g/mol. The first kappa shape index (κ1) is 35.0. The molecule has 21 heteroatoms. The summed E-state index contributed by atoms with van der Waals surface area (Å²) >= 11 is 0. The lowest BCUT2D eigenvalue weighted by atomic mass is 9.84. The molecule has 0 aromatic heterocycles. The van der Waals surface area contributed by atoms with Crippen molar-refractivity contribution in [3.05, 3.63) is 5.32 Å². The van der Waals surface area contributed by atoms with Crippen molar-refractivity contribution in [2.75, 3.05) is 19.8 Å². The Morgan fingerprint density at radius 1 is 0.526 bits per heavy atom. The standard InChI is InChI=1S/C17H20F16NO3Si/c1-4-35-38(36-5-2,37-6-3)8-7-9-10(18,19)11(20,21)12(22,23)13(24,25)14(26,27)15(28,29)16(30,31)17(32,33)34-9/h9H,4-8H2,1-3H3/q-1. The van der Waals surface area contributed by atoms with Crippen molar-refractivity contribution < 1.29 is 83.5 Å². The molecule has 1 atom stereocenters. The van der Waals surface area contributed by atoms with Gasteiger partial charge in [0.15, 0.2) is 0 Å². The van der Waals surface area contributed by atoms with Crippen LogP contribution in [-0.2, 0) is 13.3 Å². The average Bonchev–Trinajstić information content (AvgIpc) is 2.75. The van der Waals surface area contributed by atoms with Gasteiger partial charge in [0.05, 0.1) is 0 Å². The lowest BCUT2D eigenvalue weighted by molar-refractivity contribution is -0.456. The molecule has 0 aliphatic carbocycles. The lowest BCUT2D eigenvalue weighted by Crippen LogP contribution is -2.77. The van der Waals surface area contributed by atoms with Gasteiger partial charge < -0.3 is 18.6 Å². The first-order valence-corrected chi connectivity index (χ1v) is 12.3. The summed E-state index contributed by atoms with van der Waals surface area (Å²) in [7, 11) is -4.41. The largest absolute Gasteiger partial charge is 0.587 e. The number of hydrogen-bond donors (Lipinski definition) is 0. The van der Waals surface area contributed by atoms with Gasteiger partial charge in [-0.3, -0.25) is 0 Å². The Labute approximate surface area is 205 Å². The van der Waals surface area contributed by atoms with Crippen molar-refractivity contribution in [1.29, 1.82) is 0 Å². The number of alkyl halides is 16. The zero-order chi connectivity index (χ0) is 30.4. The molecule has 0 aromatic carbocycles. The Morgan fingerprint density at radius 3 is 1.18 bits per heavy atom. The molecule has 4 nitrogen and oxygen atoms in total. The molecule has 1 fully saturated rings. The van der Waals surface area contributed by atoms with Crippen molar-refractivity contribution in [3.63, 3.8) is 0 Å². The summed E-state index contributed by atoms with van der Waals surface area (Å²) < 4.78 is 239. The summed E-state index contributed by atoms with van der Waals surface area (Å²) in [6.45, 7) is 2.45. The molecule has 1 unspecified atom stereocenters. The summed E-state index contributed by atoms with van der Waals surface area (Å²) in [5.41, 5.74) is 0. The maximum atomic E-state index is 14.6. The van der Waals surface area contributed by atoms with E-state index in [1.165, 1.54) is 26.1 Å². The van der Waals surface area contributed by atoms with Crippen LogP contribution in [0.1, 0.15) is 27.2 Å². The quantitative estimate of drug-likeness (QED) is 0.156. The molecular formula is C17H20F16NO3Si-. The molecule has 1 heterocycles. The van der Waals surface area contributed by atoms with Crippen molar-refractivity contribution in [1.82, 2.24) is 0 Å². The molecule has 0 aromatic rings. The minimum Gasteiger partial charge on any atom is -0.587 e. The Bertz CT molecular complexity index is 808. The molecule has 0 radical (unpaired) electrons. The first-order chi connectivity index (χ1) is 16.7. The van der Waals surface area contributed by atoms with Gasteiger partial charge in [-0.15, -0.1) is 0 Å². The lowest BCUT2D eigenvalue weighted by Gasteiger charge is -2.53. The fraction of sp³-hybridized carbons (Fsp3) is 1.00. The van der Waals surface area contributed by atoms with E-state index in [1.807, 2.05) is 0 Å². The summed E-state index contributed by atoms with van der Waals surface area (Å²) in [6, 6.07) is -13.2. The molecule has 0 amide bonds.